The summed E-state index contributed by atoms with van der Waals surface area (Å²) in [5.41, 5.74) is 0.793. The topological polar surface area (TPSA) is 81.4 Å². The summed E-state index contributed by atoms with van der Waals surface area (Å²) < 4.78 is 9.76. The number of hydrogen-bond acceptors (Lipinski definition) is 5. The molecule has 0 aliphatic rings. The first-order valence-electron chi connectivity index (χ1n) is 6.27. The Morgan fingerprint density at radius 2 is 1.95 bits per heavy atom. The van der Waals surface area contributed by atoms with Crippen LogP contribution in [0, 0.1) is 6.92 Å². The van der Waals surface area contributed by atoms with Gasteiger partial charge in [-0.3, -0.25) is 4.79 Å². The SMILES string of the molecule is Cc1cc(C(=O)O[C@H](C)C(=O)Nc2c(Cl)cccc2Cl)on1. The highest BCUT2D eigenvalue weighted by atomic mass is 35.5. The number of rotatable bonds is 4. The maximum Gasteiger partial charge on any atom is 0.377 e. The van der Waals surface area contributed by atoms with E-state index >= 15 is 0 Å². The van der Waals surface area contributed by atoms with Crippen molar-refractivity contribution in [1.29, 1.82) is 0 Å². The maximum absolute atomic E-state index is 12.0. The first-order valence-corrected chi connectivity index (χ1v) is 7.03. The number of esters is 1. The fourth-order valence-corrected chi connectivity index (χ4v) is 2.07. The Bertz CT molecular complexity index is 694. The van der Waals surface area contributed by atoms with E-state index in [1.165, 1.54) is 13.0 Å². The molecule has 0 aliphatic heterocycles. The molecule has 116 valence electrons. The molecule has 1 aromatic heterocycles. The van der Waals surface area contributed by atoms with Crippen molar-refractivity contribution in [3.05, 3.63) is 45.8 Å². The summed E-state index contributed by atoms with van der Waals surface area (Å²) in [7, 11) is 0. The predicted octanol–water partition coefficient (Wildman–Crippen LogP) is 3.47. The summed E-state index contributed by atoms with van der Waals surface area (Å²) in [5.74, 6) is -1.43. The first kappa shape index (κ1) is 16.3. The van der Waals surface area contributed by atoms with Crippen LogP contribution >= 0.6 is 23.2 Å². The number of nitrogens with one attached hydrogen (secondary N) is 1. The molecule has 1 heterocycles. The van der Waals surface area contributed by atoms with Gasteiger partial charge in [0.25, 0.3) is 5.91 Å². The number of hydrogen-bond donors (Lipinski definition) is 1. The number of aryl methyl sites for hydroxylation is 1. The van der Waals surface area contributed by atoms with E-state index in [0.29, 0.717) is 5.69 Å². The smallest absolute Gasteiger partial charge is 0.377 e. The van der Waals surface area contributed by atoms with Crippen molar-refractivity contribution >= 4 is 40.8 Å². The molecule has 0 saturated carbocycles. The highest BCUT2D eigenvalue weighted by Crippen LogP contribution is 2.29. The van der Waals surface area contributed by atoms with Crippen molar-refractivity contribution in [3.63, 3.8) is 0 Å². The number of halogens is 2. The molecule has 0 spiro atoms. The minimum atomic E-state index is -1.06. The van der Waals surface area contributed by atoms with Gasteiger partial charge in [-0.2, -0.15) is 0 Å². The number of carbonyl (C=O) groups excluding carboxylic acids is 2. The van der Waals surface area contributed by atoms with E-state index in [1.54, 1.807) is 25.1 Å². The zero-order valence-corrected chi connectivity index (χ0v) is 13.2. The monoisotopic (exact) mass is 342 g/mol. The van der Waals surface area contributed by atoms with E-state index in [0.717, 1.165) is 0 Å². The van der Waals surface area contributed by atoms with Crippen LogP contribution in [0.4, 0.5) is 5.69 Å². The highest BCUT2D eigenvalue weighted by Gasteiger charge is 2.22. The van der Waals surface area contributed by atoms with Gasteiger partial charge in [0, 0.05) is 6.07 Å². The van der Waals surface area contributed by atoms with Gasteiger partial charge in [0.2, 0.25) is 5.76 Å². The first-order chi connectivity index (χ1) is 10.4. The molecule has 2 aromatic rings. The van der Waals surface area contributed by atoms with Crippen LogP contribution in [0.2, 0.25) is 10.0 Å². The molecule has 1 atom stereocenters. The average Bonchev–Trinajstić information content (AvgIpc) is 2.89. The third-order valence-electron chi connectivity index (χ3n) is 2.69. The van der Waals surface area contributed by atoms with Crippen LogP contribution in [0.25, 0.3) is 0 Å². The largest absolute Gasteiger partial charge is 0.447 e. The van der Waals surface area contributed by atoms with Crippen molar-refractivity contribution in [2.45, 2.75) is 20.0 Å². The molecule has 8 heteroatoms. The molecule has 0 saturated heterocycles. The van der Waals surface area contributed by atoms with Crippen LogP contribution in [0.5, 0.6) is 0 Å². The zero-order valence-electron chi connectivity index (χ0n) is 11.7. The number of benzene rings is 1. The Morgan fingerprint density at radius 3 is 2.50 bits per heavy atom. The molecule has 0 aliphatic carbocycles. The standard InChI is InChI=1S/C14H12Cl2N2O4/c1-7-6-11(22-18-7)14(20)21-8(2)13(19)17-12-9(15)4-3-5-10(12)16/h3-6,8H,1-2H3,(H,17,19)/t8-/m1/s1. The Morgan fingerprint density at radius 1 is 1.32 bits per heavy atom. The highest BCUT2D eigenvalue weighted by molar-refractivity contribution is 6.39. The second-order valence-corrected chi connectivity index (χ2v) is 5.28. The molecule has 1 aromatic carbocycles. The van der Waals surface area contributed by atoms with Crippen molar-refractivity contribution in [1.82, 2.24) is 5.16 Å². The summed E-state index contributed by atoms with van der Waals surface area (Å²) in [5, 5.41) is 6.65. The molecule has 1 amide bonds. The normalized spacial score (nSPS) is 11.8. The van der Waals surface area contributed by atoms with Crippen molar-refractivity contribution < 1.29 is 18.8 Å². The van der Waals surface area contributed by atoms with Gasteiger partial charge in [-0.25, -0.2) is 4.79 Å². The minimum Gasteiger partial charge on any atom is -0.447 e. The Kier molecular flexibility index (Phi) is 5.05. The lowest BCUT2D eigenvalue weighted by molar-refractivity contribution is -0.123. The third-order valence-corrected chi connectivity index (χ3v) is 3.32. The molecule has 0 radical (unpaired) electrons. The molecule has 0 bridgehead atoms. The summed E-state index contributed by atoms with van der Waals surface area (Å²) in [6.45, 7) is 3.08. The van der Waals surface area contributed by atoms with Crippen molar-refractivity contribution in [2.24, 2.45) is 0 Å². The number of nitrogens with zero attached hydrogens (tertiary/aromatic N) is 1. The molecular weight excluding hydrogens is 331 g/mol. The van der Waals surface area contributed by atoms with Gasteiger partial charge in [0.1, 0.15) is 0 Å². The zero-order chi connectivity index (χ0) is 16.3. The van der Waals surface area contributed by atoms with Gasteiger partial charge >= 0.3 is 5.97 Å². The molecule has 6 nitrogen and oxygen atoms in total. The quantitative estimate of drug-likeness (QED) is 0.860. The van der Waals surface area contributed by atoms with Crippen LogP contribution in [0.15, 0.2) is 28.8 Å². The van der Waals surface area contributed by atoms with Gasteiger partial charge in [0.15, 0.2) is 6.10 Å². The molecule has 22 heavy (non-hydrogen) atoms. The molecule has 2 rings (SSSR count). The van der Waals surface area contributed by atoms with Gasteiger partial charge in [-0.15, -0.1) is 0 Å². The van der Waals surface area contributed by atoms with Gasteiger partial charge < -0.3 is 14.6 Å². The number of carbonyl (C=O) groups is 2. The van der Waals surface area contributed by atoms with E-state index in [2.05, 4.69) is 10.5 Å². The van der Waals surface area contributed by atoms with Gasteiger partial charge in [-0.05, 0) is 26.0 Å². The van der Waals surface area contributed by atoms with Crippen LogP contribution in [0.1, 0.15) is 23.2 Å². The fourth-order valence-electron chi connectivity index (χ4n) is 1.57. The van der Waals surface area contributed by atoms with E-state index in [4.69, 9.17) is 32.5 Å². The van der Waals surface area contributed by atoms with E-state index in [9.17, 15) is 9.59 Å². The lowest BCUT2D eigenvalue weighted by Crippen LogP contribution is -2.30. The number of aromatic nitrogens is 1. The summed E-state index contributed by atoms with van der Waals surface area (Å²) in [4.78, 5) is 23.8. The molecule has 1 N–H and O–H groups in total. The van der Waals surface area contributed by atoms with Gasteiger partial charge in [-0.1, -0.05) is 34.4 Å². The van der Waals surface area contributed by atoms with Crippen molar-refractivity contribution in [3.8, 4) is 0 Å². The van der Waals surface area contributed by atoms with Crippen LogP contribution < -0.4 is 5.32 Å². The molecule has 0 fully saturated rings. The van der Waals surface area contributed by atoms with Crippen molar-refractivity contribution in [2.75, 3.05) is 5.32 Å². The maximum atomic E-state index is 12.0. The summed E-state index contributed by atoms with van der Waals surface area (Å²) in [6.07, 6.45) is -1.06. The van der Waals surface area contributed by atoms with Crippen LogP contribution in [0.3, 0.4) is 0 Å². The summed E-state index contributed by atoms with van der Waals surface area (Å²) >= 11 is 11.9. The minimum absolute atomic E-state index is 0.0760. The summed E-state index contributed by atoms with van der Waals surface area (Å²) in [6, 6.07) is 6.22. The number of anilines is 1. The van der Waals surface area contributed by atoms with E-state index < -0.39 is 18.0 Å². The van der Waals surface area contributed by atoms with Gasteiger partial charge in [0.05, 0.1) is 21.4 Å². The number of ether oxygens (including phenoxy) is 1. The lowest BCUT2D eigenvalue weighted by Gasteiger charge is -2.14. The molecule has 0 unspecified atom stereocenters. The fraction of sp³-hybridized carbons (Fsp3) is 0.214. The van der Waals surface area contributed by atoms with E-state index in [-0.39, 0.29) is 21.5 Å². The van der Waals surface area contributed by atoms with E-state index in [1.807, 2.05) is 0 Å². The van der Waals surface area contributed by atoms with Crippen LogP contribution in [-0.4, -0.2) is 23.1 Å². The Balaban J connectivity index is 2.02. The molecular formula is C14H12Cl2N2O4. The van der Waals surface area contributed by atoms with Crippen LogP contribution in [-0.2, 0) is 9.53 Å². The second-order valence-electron chi connectivity index (χ2n) is 4.47. The lowest BCUT2D eigenvalue weighted by atomic mass is 10.3. The average molecular weight is 343 g/mol. The third kappa shape index (κ3) is 3.78. The Labute approximate surface area is 136 Å². The second kappa shape index (κ2) is 6.81. The predicted molar refractivity (Wildman–Crippen MR) is 81.2 cm³/mol. The number of amides is 1. The number of para-hydroxylation sites is 1. The Hall–Kier alpha value is -2.05.